The maximum atomic E-state index is 2.55. The van der Waals surface area contributed by atoms with Crippen LogP contribution in [0.3, 0.4) is 0 Å². The van der Waals surface area contributed by atoms with Gasteiger partial charge in [0.05, 0.1) is 0 Å². The molecule has 0 heteroatoms. The number of hydrogen-bond donors (Lipinski definition) is 0. The summed E-state index contributed by atoms with van der Waals surface area (Å²) in [5.41, 5.74) is 0.550. The Morgan fingerprint density at radius 2 is 1.79 bits per heavy atom. The van der Waals surface area contributed by atoms with E-state index in [9.17, 15) is 0 Å². The molecule has 76 valence electrons. The Bertz CT molecular complexity index is 293. The van der Waals surface area contributed by atoms with Gasteiger partial charge in [-0.05, 0) is 48.3 Å². The highest BCUT2D eigenvalue weighted by Crippen LogP contribution is 2.61. The lowest BCUT2D eigenvalue weighted by atomic mass is 9.67. The van der Waals surface area contributed by atoms with E-state index in [-0.39, 0.29) is 0 Å². The molecule has 2 bridgehead atoms. The van der Waals surface area contributed by atoms with Crippen LogP contribution in [0.2, 0.25) is 0 Å². The molecule has 14 heavy (non-hydrogen) atoms. The quantitative estimate of drug-likeness (QED) is 0.578. The van der Waals surface area contributed by atoms with Gasteiger partial charge in [0.25, 0.3) is 0 Å². The Morgan fingerprint density at radius 3 is 2.50 bits per heavy atom. The number of rotatable bonds is 2. The molecule has 0 aliphatic heterocycles. The van der Waals surface area contributed by atoms with E-state index in [4.69, 9.17) is 0 Å². The number of hydrogen-bond acceptors (Lipinski definition) is 0. The molecule has 0 aromatic rings. The van der Waals surface area contributed by atoms with Crippen molar-refractivity contribution in [3.63, 3.8) is 0 Å². The average Bonchev–Trinajstić information content (AvgIpc) is 2.90. The molecule has 0 aromatic heterocycles. The van der Waals surface area contributed by atoms with Crippen LogP contribution in [0.1, 0.15) is 33.1 Å². The van der Waals surface area contributed by atoms with E-state index in [1.54, 1.807) is 0 Å². The van der Waals surface area contributed by atoms with Gasteiger partial charge in [0.2, 0.25) is 0 Å². The highest BCUT2D eigenvalue weighted by atomic mass is 14.6. The molecule has 0 nitrogen and oxygen atoms in total. The van der Waals surface area contributed by atoms with Crippen LogP contribution in [-0.2, 0) is 0 Å². The summed E-state index contributed by atoms with van der Waals surface area (Å²) >= 11 is 0. The summed E-state index contributed by atoms with van der Waals surface area (Å²) in [5, 5.41) is 0. The van der Waals surface area contributed by atoms with E-state index in [1.807, 2.05) is 0 Å². The molecule has 0 N–H and O–H groups in total. The van der Waals surface area contributed by atoms with Crippen LogP contribution in [0.4, 0.5) is 0 Å². The fourth-order valence-corrected chi connectivity index (χ4v) is 4.30. The Balaban J connectivity index is 1.99. The van der Waals surface area contributed by atoms with E-state index >= 15 is 0 Å². The molecule has 0 spiro atoms. The summed E-state index contributed by atoms with van der Waals surface area (Å²) in [6.45, 7) is 4.73. The largest absolute Gasteiger partial charge is 0.0848 e. The van der Waals surface area contributed by atoms with Crippen molar-refractivity contribution in [2.75, 3.05) is 0 Å². The first-order valence-electron chi connectivity index (χ1n) is 6.18. The maximum absolute atomic E-state index is 2.55. The van der Waals surface area contributed by atoms with Gasteiger partial charge in [0, 0.05) is 0 Å². The molecular formula is C14H20. The van der Waals surface area contributed by atoms with Gasteiger partial charge in [0.15, 0.2) is 0 Å². The third-order valence-electron chi connectivity index (χ3n) is 5.15. The third kappa shape index (κ3) is 0.852. The second kappa shape index (κ2) is 2.74. The summed E-state index contributed by atoms with van der Waals surface area (Å²) < 4.78 is 0. The minimum atomic E-state index is 0.550. The monoisotopic (exact) mass is 188 g/mol. The van der Waals surface area contributed by atoms with Crippen molar-refractivity contribution in [3.8, 4) is 0 Å². The van der Waals surface area contributed by atoms with Gasteiger partial charge in [0.1, 0.15) is 0 Å². The molecule has 1 fully saturated rings. The summed E-state index contributed by atoms with van der Waals surface area (Å²) in [4.78, 5) is 0. The van der Waals surface area contributed by atoms with Gasteiger partial charge in [-0.3, -0.25) is 0 Å². The molecular weight excluding hydrogens is 168 g/mol. The van der Waals surface area contributed by atoms with Gasteiger partial charge in [-0.2, -0.15) is 0 Å². The van der Waals surface area contributed by atoms with E-state index in [0.29, 0.717) is 5.41 Å². The topological polar surface area (TPSA) is 0 Å². The average molecular weight is 188 g/mol. The zero-order valence-electron chi connectivity index (χ0n) is 9.24. The molecule has 4 atom stereocenters. The predicted octanol–water partition coefficient (Wildman–Crippen LogP) is 3.80. The van der Waals surface area contributed by atoms with Crippen LogP contribution in [0.15, 0.2) is 24.3 Å². The van der Waals surface area contributed by atoms with Crippen LogP contribution >= 0.6 is 0 Å². The zero-order valence-corrected chi connectivity index (χ0v) is 9.24. The summed E-state index contributed by atoms with van der Waals surface area (Å²) in [6, 6.07) is 0. The molecule has 0 saturated heterocycles. The summed E-state index contributed by atoms with van der Waals surface area (Å²) in [7, 11) is 0. The molecule has 0 unspecified atom stereocenters. The second-order valence-corrected chi connectivity index (χ2v) is 5.35. The van der Waals surface area contributed by atoms with E-state index in [1.165, 1.54) is 19.3 Å². The van der Waals surface area contributed by atoms with Gasteiger partial charge < -0.3 is 0 Å². The van der Waals surface area contributed by atoms with Crippen LogP contribution < -0.4 is 0 Å². The second-order valence-electron chi connectivity index (χ2n) is 5.35. The molecule has 0 aromatic carbocycles. The van der Waals surface area contributed by atoms with Crippen molar-refractivity contribution >= 4 is 0 Å². The molecule has 0 radical (unpaired) electrons. The first-order valence-corrected chi connectivity index (χ1v) is 6.18. The Hall–Kier alpha value is -0.520. The molecule has 1 saturated carbocycles. The molecule has 3 aliphatic rings. The van der Waals surface area contributed by atoms with Crippen molar-refractivity contribution in [1.82, 2.24) is 0 Å². The normalized spacial score (nSPS) is 46.1. The maximum Gasteiger partial charge on any atom is -0.00837 e. The first kappa shape index (κ1) is 8.76. The minimum absolute atomic E-state index is 0.550. The van der Waals surface area contributed by atoms with Crippen molar-refractivity contribution in [1.29, 1.82) is 0 Å². The van der Waals surface area contributed by atoms with E-state index < -0.39 is 0 Å². The third-order valence-corrected chi connectivity index (χ3v) is 5.15. The van der Waals surface area contributed by atoms with Crippen LogP contribution in [-0.4, -0.2) is 0 Å². The molecule has 0 heterocycles. The van der Waals surface area contributed by atoms with Gasteiger partial charge in [-0.1, -0.05) is 38.2 Å². The van der Waals surface area contributed by atoms with Crippen molar-refractivity contribution < 1.29 is 0 Å². The molecule has 0 amide bonds. The molecule has 3 rings (SSSR count). The lowest BCUT2D eigenvalue weighted by Crippen LogP contribution is -2.30. The Kier molecular flexibility index (Phi) is 1.72. The van der Waals surface area contributed by atoms with Crippen molar-refractivity contribution in [2.45, 2.75) is 33.1 Å². The smallest absolute Gasteiger partial charge is 0.00837 e. The number of fused-ring (bicyclic) bond motifs is 5. The van der Waals surface area contributed by atoms with Crippen LogP contribution in [0.5, 0.6) is 0 Å². The Labute approximate surface area is 87.1 Å². The lowest BCUT2D eigenvalue weighted by Gasteiger charge is -2.37. The highest BCUT2D eigenvalue weighted by molar-refractivity contribution is 5.27. The highest BCUT2D eigenvalue weighted by Gasteiger charge is 2.53. The van der Waals surface area contributed by atoms with Gasteiger partial charge >= 0.3 is 0 Å². The van der Waals surface area contributed by atoms with E-state index in [2.05, 4.69) is 38.2 Å². The summed E-state index contributed by atoms with van der Waals surface area (Å²) in [5.74, 6) is 3.64. The van der Waals surface area contributed by atoms with Gasteiger partial charge in [-0.15, -0.1) is 0 Å². The minimum Gasteiger partial charge on any atom is -0.0848 e. The van der Waals surface area contributed by atoms with Crippen LogP contribution in [0.25, 0.3) is 0 Å². The van der Waals surface area contributed by atoms with E-state index in [0.717, 1.165) is 23.7 Å². The Morgan fingerprint density at radius 1 is 1.07 bits per heavy atom. The van der Waals surface area contributed by atoms with Crippen molar-refractivity contribution in [3.05, 3.63) is 24.3 Å². The SMILES string of the molecule is CCC1(CC)C=C[C@H]2[C@H]1[C@@H]1C=C[C@@H]2C1. The molecule has 3 aliphatic carbocycles. The standard InChI is InChI=1S/C14H20/c1-3-14(4-2)8-7-12-10-5-6-11(9-10)13(12)14/h5-8,10-13H,3-4,9H2,1-2H3/t10-,11-,12-,13-/m1/s1. The predicted molar refractivity (Wildman–Crippen MR) is 59.9 cm³/mol. The van der Waals surface area contributed by atoms with Crippen molar-refractivity contribution in [2.24, 2.45) is 29.1 Å². The fraction of sp³-hybridized carbons (Fsp3) is 0.714. The first-order chi connectivity index (χ1) is 6.80. The number of allylic oxidation sites excluding steroid dienone is 4. The summed E-state index contributed by atoms with van der Waals surface area (Å²) in [6.07, 6.45) is 14.2. The van der Waals surface area contributed by atoms with Crippen LogP contribution in [0, 0.1) is 29.1 Å². The zero-order chi connectivity index (χ0) is 9.76. The lowest BCUT2D eigenvalue weighted by molar-refractivity contribution is 0.169. The fourth-order valence-electron chi connectivity index (χ4n) is 4.30. The van der Waals surface area contributed by atoms with Gasteiger partial charge in [-0.25, -0.2) is 0 Å².